The standard InChI is InChI=1S/C16H19F4N3O/c17-12-3-1-2-10(8-12)14-13(9-21-22-14)15(24)23-6-4-11(5-7-23)16(18,19)20/h1-3,8,11,13-14,21-22H,4-7,9H2. The molecule has 0 aliphatic carbocycles. The van der Waals surface area contributed by atoms with Gasteiger partial charge in [-0.2, -0.15) is 13.2 Å². The van der Waals surface area contributed by atoms with E-state index in [9.17, 15) is 22.4 Å². The minimum absolute atomic E-state index is 0.0621. The van der Waals surface area contributed by atoms with Crippen LogP contribution in [0.3, 0.4) is 0 Å². The van der Waals surface area contributed by atoms with E-state index < -0.39 is 29.9 Å². The molecule has 0 saturated carbocycles. The van der Waals surface area contributed by atoms with Crippen molar-refractivity contribution >= 4 is 5.91 Å². The van der Waals surface area contributed by atoms with E-state index in [1.54, 1.807) is 12.1 Å². The first-order chi connectivity index (χ1) is 11.4. The van der Waals surface area contributed by atoms with E-state index in [2.05, 4.69) is 10.9 Å². The number of hydrazine groups is 1. The maximum Gasteiger partial charge on any atom is 0.391 e. The Balaban J connectivity index is 1.66. The molecule has 0 radical (unpaired) electrons. The summed E-state index contributed by atoms with van der Waals surface area (Å²) in [7, 11) is 0. The number of halogens is 4. The molecule has 2 unspecified atom stereocenters. The Morgan fingerprint density at radius 3 is 2.54 bits per heavy atom. The van der Waals surface area contributed by atoms with Gasteiger partial charge in [0.1, 0.15) is 5.82 Å². The highest BCUT2D eigenvalue weighted by atomic mass is 19.4. The number of rotatable bonds is 2. The maximum absolute atomic E-state index is 13.4. The third-order valence-electron chi connectivity index (χ3n) is 4.78. The summed E-state index contributed by atoms with van der Waals surface area (Å²) in [5.41, 5.74) is 6.49. The molecule has 1 aromatic rings. The Kier molecular flexibility index (Phi) is 4.78. The van der Waals surface area contributed by atoms with E-state index in [1.807, 2.05) is 0 Å². The minimum atomic E-state index is -4.20. The van der Waals surface area contributed by atoms with Crippen molar-refractivity contribution < 1.29 is 22.4 Å². The first kappa shape index (κ1) is 17.2. The molecule has 1 amide bonds. The number of nitrogens with one attached hydrogen (secondary N) is 2. The topological polar surface area (TPSA) is 44.4 Å². The molecule has 0 bridgehead atoms. The summed E-state index contributed by atoms with van der Waals surface area (Å²) in [6.07, 6.45) is -4.32. The molecule has 2 aliphatic rings. The fourth-order valence-corrected chi connectivity index (χ4v) is 3.40. The number of alkyl halides is 3. The van der Waals surface area contributed by atoms with Crippen LogP contribution < -0.4 is 10.9 Å². The second-order valence-corrected chi connectivity index (χ2v) is 6.31. The lowest BCUT2D eigenvalue weighted by Gasteiger charge is -2.35. The van der Waals surface area contributed by atoms with Crippen LogP contribution in [0, 0.1) is 17.7 Å². The van der Waals surface area contributed by atoms with Crippen molar-refractivity contribution in [2.24, 2.45) is 11.8 Å². The largest absolute Gasteiger partial charge is 0.391 e. The van der Waals surface area contributed by atoms with Gasteiger partial charge in [-0.25, -0.2) is 9.82 Å². The summed E-state index contributed by atoms with van der Waals surface area (Å²) in [6.45, 7) is 0.573. The van der Waals surface area contributed by atoms with Crippen LogP contribution in [-0.2, 0) is 4.79 Å². The van der Waals surface area contributed by atoms with Gasteiger partial charge in [-0.05, 0) is 30.5 Å². The lowest BCUT2D eigenvalue weighted by Crippen LogP contribution is -2.45. The lowest BCUT2D eigenvalue weighted by molar-refractivity contribution is -0.187. The molecule has 0 aromatic heterocycles. The van der Waals surface area contributed by atoms with Crippen LogP contribution in [0.25, 0.3) is 0 Å². The highest BCUT2D eigenvalue weighted by molar-refractivity contribution is 5.80. The number of amides is 1. The number of benzene rings is 1. The van der Waals surface area contributed by atoms with Crippen molar-refractivity contribution in [2.75, 3.05) is 19.6 Å². The molecule has 2 N–H and O–H groups in total. The molecule has 2 atom stereocenters. The van der Waals surface area contributed by atoms with Crippen LogP contribution in [0.2, 0.25) is 0 Å². The normalized spacial score (nSPS) is 25.9. The molecule has 2 heterocycles. The van der Waals surface area contributed by atoms with Gasteiger partial charge in [-0.15, -0.1) is 0 Å². The van der Waals surface area contributed by atoms with Crippen LogP contribution in [-0.4, -0.2) is 36.6 Å². The minimum Gasteiger partial charge on any atom is -0.342 e. The SMILES string of the molecule is O=C(C1CNNC1c1cccc(F)c1)N1CCC(C(F)(F)F)CC1. The molecule has 1 aromatic carbocycles. The van der Waals surface area contributed by atoms with Gasteiger partial charge in [0.25, 0.3) is 0 Å². The number of piperidine rings is 1. The Labute approximate surface area is 137 Å². The summed E-state index contributed by atoms with van der Waals surface area (Å²) < 4.78 is 51.6. The zero-order valence-corrected chi connectivity index (χ0v) is 12.9. The van der Waals surface area contributed by atoms with Gasteiger partial charge in [0.2, 0.25) is 5.91 Å². The summed E-state index contributed by atoms with van der Waals surface area (Å²) in [5, 5.41) is 0. The smallest absolute Gasteiger partial charge is 0.342 e. The molecule has 8 heteroatoms. The molecule has 132 valence electrons. The number of carbonyl (C=O) groups is 1. The monoisotopic (exact) mass is 345 g/mol. The Morgan fingerprint density at radius 1 is 1.21 bits per heavy atom. The molecule has 2 fully saturated rings. The number of carbonyl (C=O) groups excluding carboxylic acids is 1. The molecule has 2 saturated heterocycles. The quantitative estimate of drug-likeness (QED) is 0.809. The zero-order chi connectivity index (χ0) is 17.3. The Hall–Kier alpha value is -1.67. The first-order valence-corrected chi connectivity index (χ1v) is 7.95. The van der Waals surface area contributed by atoms with Crippen molar-refractivity contribution in [3.8, 4) is 0 Å². The van der Waals surface area contributed by atoms with Crippen molar-refractivity contribution in [1.29, 1.82) is 0 Å². The summed E-state index contributed by atoms with van der Waals surface area (Å²) in [5.74, 6) is -2.38. The highest BCUT2D eigenvalue weighted by Crippen LogP contribution is 2.35. The average Bonchev–Trinajstić information content (AvgIpc) is 3.03. The van der Waals surface area contributed by atoms with Crippen molar-refractivity contribution in [3.63, 3.8) is 0 Å². The van der Waals surface area contributed by atoms with E-state index in [-0.39, 0.29) is 31.8 Å². The van der Waals surface area contributed by atoms with Crippen LogP contribution in [0.4, 0.5) is 17.6 Å². The van der Waals surface area contributed by atoms with Gasteiger partial charge in [-0.3, -0.25) is 10.2 Å². The van der Waals surface area contributed by atoms with Gasteiger partial charge in [0.15, 0.2) is 0 Å². The van der Waals surface area contributed by atoms with Crippen LogP contribution in [0.1, 0.15) is 24.4 Å². The van der Waals surface area contributed by atoms with Crippen LogP contribution >= 0.6 is 0 Å². The van der Waals surface area contributed by atoms with E-state index in [0.29, 0.717) is 12.1 Å². The second-order valence-electron chi connectivity index (χ2n) is 6.31. The maximum atomic E-state index is 13.4. The molecule has 3 rings (SSSR count). The molecule has 2 aliphatic heterocycles. The van der Waals surface area contributed by atoms with Crippen molar-refractivity contribution in [1.82, 2.24) is 15.8 Å². The lowest BCUT2D eigenvalue weighted by atomic mass is 9.91. The summed E-state index contributed by atoms with van der Waals surface area (Å²) in [6, 6.07) is 5.59. The number of hydrogen-bond donors (Lipinski definition) is 2. The van der Waals surface area contributed by atoms with Gasteiger partial charge in [0.05, 0.1) is 17.9 Å². The average molecular weight is 345 g/mol. The van der Waals surface area contributed by atoms with Gasteiger partial charge in [0, 0.05) is 19.6 Å². The van der Waals surface area contributed by atoms with Crippen LogP contribution in [0.5, 0.6) is 0 Å². The third kappa shape index (κ3) is 3.54. The summed E-state index contributed by atoms with van der Waals surface area (Å²) in [4.78, 5) is 14.2. The highest BCUT2D eigenvalue weighted by Gasteiger charge is 2.43. The molecule has 24 heavy (non-hydrogen) atoms. The van der Waals surface area contributed by atoms with Gasteiger partial charge < -0.3 is 4.90 Å². The molecule has 0 spiro atoms. The fraction of sp³-hybridized carbons (Fsp3) is 0.562. The number of likely N-dealkylation sites (tertiary alicyclic amines) is 1. The molecular weight excluding hydrogens is 326 g/mol. The van der Waals surface area contributed by atoms with Gasteiger partial charge >= 0.3 is 6.18 Å². The first-order valence-electron chi connectivity index (χ1n) is 7.95. The predicted molar refractivity (Wildman–Crippen MR) is 79.1 cm³/mol. The van der Waals surface area contributed by atoms with E-state index in [4.69, 9.17) is 0 Å². The second kappa shape index (κ2) is 6.68. The number of hydrogen-bond acceptors (Lipinski definition) is 3. The Bertz CT molecular complexity index is 599. The fourth-order valence-electron chi connectivity index (χ4n) is 3.40. The predicted octanol–water partition coefficient (Wildman–Crippen LogP) is 2.39. The summed E-state index contributed by atoms with van der Waals surface area (Å²) >= 11 is 0. The molecule has 4 nitrogen and oxygen atoms in total. The molecular formula is C16H19F4N3O. The Morgan fingerprint density at radius 2 is 1.92 bits per heavy atom. The number of nitrogens with zero attached hydrogens (tertiary/aromatic N) is 1. The third-order valence-corrected chi connectivity index (χ3v) is 4.78. The zero-order valence-electron chi connectivity index (χ0n) is 12.9. The van der Waals surface area contributed by atoms with E-state index in [0.717, 1.165) is 0 Å². The van der Waals surface area contributed by atoms with Crippen molar-refractivity contribution in [3.05, 3.63) is 35.6 Å². The van der Waals surface area contributed by atoms with E-state index in [1.165, 1.54) is 17.0 Å². The van der Waals surface area contributed by atoms with Gasteiger partial charge in [-0.1, -0.05) is 12.1 Å². The van der Waals surface area contributed by atoms with Crippen LogP contribution in [0.15, 0.2) is 24.3 Å². The van der Waals surface area contributed by atoms with E-state index >= 15 is 0 Å². The van der Waals surface area contributed by atoms with Crippen molar-refractivity contribution in [2.45, 2.75) is 25.1 Å².